The Morgan fingerprint density at radius 2 is 2.24 bits per heavy atom. The number of nitrogens with zero attached hydrogens (tertiary/aromatic N) is 5. The fourth-order valence-electron chi connectivity index (χ4n) is 3.85. The number of imidazole rings is 1. The second-order valence-corrected chi connectivity index (χ2v) is 7.58. The van der Waals surface area contributed by atoms with E-state index in [1.807, 2.05) is 62.7 Å². The zero-order chi connectivity index (χ0) is 20.4. The van der Waals surface area contributed by atoms with Gasteiger partial charge in [0, 0.05) is 55.4 Å². The molecular formula is C21H26N6O2. The number of aryl methyl sites for hydroxylation is 1. The van der Waals surface area contributed by atoms with E-state index in [1.165, 1.54) is 0 Å². The van der Waals surface area contributed by atoms with Gasteiger partial charge in [0.05, 0.1) is 24.9 Å². The van der Waals surface area contributed by atoms with Crippen LogP contribution in [-0.4, -0.2) is 75.4 Å². The van der Waals surface area contributed by atoms with E-state index in [-0.39, 0.29) is 18.1 Å². The van der Waals surface area contributed by atoms with Gasteiger partial charge in [-0.3, -0.25) is 9.48 Å². The molecule has 0 unspecified atom stereocenters. The first-order valence-electron chi connectivity index (χ1n) is 9.68. The van der Waals surface area contributed by atoms with Gasteiger partial charge in [-0.2, -0.15) is 5.10 Å². The molecule has 0 bridgehead atoms. The second kappa shape index (κ2) is 8.18. The smallest absolute Gasteiger partial charge is 0.254 e. The zero-order valence-electron chi connectivity index (χ0n) is 16.9. The summed E-state index contributed by atoms with van der Waals surface area (Å²) in [6, 6.07) is 7.38. The molecule has 3 heterocycles. The number of carbonyl (C=O) groups excluding carboxylic acids is 1. The lowest BCUT2D eigenvalue weighted by atomic mass is 9.99. The molecule has 4 rings (SSSR count). The fourth-order valence-corrected chi connectivity index (χ4v) is 3.85. The third-order valence-corrected chi connectivity index (χ3v) is 5.11. The van der Waals surface area contributed by atoms with E-state index in [9.17, 15) is 4.79 Å². The van der Waals surface area contributed by atoms with Crippen molar-refractivity contribution in [1.82, 2.24) is 29.5 Å². The number of nitrogens with one attached hydrogen (secondary N) is 1. The Balaban J connectivity index is 1.67. The molecule has 0 aliphatic carbocycles. The van der Waals surface area contributed by atoms with Crippen LogP contribution in [0, 0.1) is 0 Å². The summed E-state index contributed by atoms with van der Waals surface area (Å²) in [5, 5.41) is 4.32. The maximum Gasteiger partial charge on any atom is 0.254 e. The lowest BCUT2D eigenvalue weighted by Crippen LogP contribution is -2.51. The standard InChI is InChI=1S/C21H26N6O2/c1-25(2)14-18-19(17-12-24-26(3)13-17)27(9-10-29-18)21(28)16-6-4-5-15(11-16)20-22-7-8-23-20/h4-8,11-13,18-19H,9-10,14H2,1-3H3,(H,22,23)/t18-,19-/m0/s1. The van der Waals surface area contributed by atoms with E-state index in [0.717, 1.165) is 23.5 Å². The number of rotatable bonds is 5. The summed E-state index contributed by atoms with van der Waals surface area (Å²) in [5.41, 5.74) is 2.50. The number of benzene rings is 1. The topological polar surface area (TPSA) is 79.3 Å². The number of hydrogen-bond donors (Lipinski definition) is 1. The molecule has 8 heteroatoms. The van der Waals surface area contributed by atoms with Crippen molar-refractivity contribution in [2.75, 3.05) is 33.8 Å². The van der Waals surface area contributed by atoms with Gasteiger partial charge in [-0.15, -0.1) is 0 Å². The summed E-state index contributed by atoms with van der Waals surface area (Å²) < 4.78 is 7.84. The molecule has 1 aliphatic rings. The Morgan fingerprint density at radius 1 is 1.38 bits per heavy atom. The third kappa shape index (κ3) is 4.08. The van der Waals surface area contributed by atoms with Crippen LogP contribution in [0.4, 0.5) is 0 Å². The fraction of sp³-hybridized carbons (Fsp3) is 0.381. The molecule has 2 atom stereocenters. The number of carbonyl (C=O) groups is 1. The predicted octanol–water partition coefficient (Wildman–Crippen LogP) is 1.95. The minimum Gasteiger partial charge on any atom is -0.373 e. The van der Waals surface area contributed by atoms with Crippen molar-refractivity contribution in [3.05, 3.63) is 60.2 Å². The predicted molar refractivity (Wildman–Crippen MR) is 109 cm³/mol. The van der Waals surface area contributed by atoms with Crippen LogP contribution in [0.1, 0.15) is 22.0 Å². The van der Waals surface area contributed by atoms with Gasteiger partial charge in [0.25, 0.3) is 5.91 Å². The molecule has 1 aromatic carbocycles. The van der Waals surface area contributed by atoms with Gasteiger partial charge in [0.15, 0.2) is 0 Å². The first-order valence-corrected chi connectivity index (χ1v) is 9.68. The van der Waals surface area contributed by atoms with Crippen LogP contribution >= 0.6 is 0 Å². The maximum absolute atomic E-state index is 13.5. The van der Waals surface area contributed by atoms with Gasteiger partial charge < -0.3 is 19.5 Å². The van der Waals surface area contributed by atoms with Crippen molar-refractivity contribution in [3.63, 3.8) is 0 Å². The Morgan fingerprint density at radius 3 is 2.93 bits per heavy atom. The van der Waals surface area contributed by atoms with E-state index in [0.29, 0.717) is 18.7 Å². The Bertz CT molecular complexity index is 965. The monoisotopic (exact) mass is 394 g/mol. The molecule has 152 valence electrons. The quantitative estimate of drug-likeness (QED) is 0.716. The molecule has 3 aromatic rings. The SMILES string of the molecule is CN(C)C[C@@H]1OCCN(C(=O)c2cccc(-c3ncc[nH]3)c2)[C@H]1c1cnn(C)c1. The van der Waals surface area contributed by atoms with Crippen LogP contribution in [0.5, 0.6) is 0 Å². The van der Waals surface area contributed by atoms with Crippen LogP contribution < -0.4 is 0 Å². The minimum atomic E-state index is -0.195. The van der Waals surface area contributed by atoms with Crippen LogP contribution in [0.2, 0.25) is 0 Å². The number of aromatic nitrogens is 4. The van der Waals surface area contributed by atoms with E-state index in [4.69, 9.17) is 4.74 Å². The molecule has 8 nitrogen and oxygen atoms in total. The Hall–Kier alpha value is -2.97. The molecule has 0 spiro atoms. The lowest BCUT2D eigenvalue weighted by molar-refractivity contribution is -0.0684. The average molecular weight is 394 g/mol. The molecular weight excluding hydrogens is 368 g/mol. The zero-order valence-corrected chi connectivity index (χ0v) is 16.9. The number of aromatic amines is 1. The summed E-state index contributed by atoms with van der Waals surface area (Å²) >= 11 is 0. The Labute approximate surface area is 170 Å². The Kier molecular flexibility index (Phi) is 5.46. The van der Waals surface area contributed by atoms with Crippen molar-refractivity contribution in [2.45, 2.75) is 12.1 Å². The highest BCUT2D eigenvalue weighted by Gasteiger charge is 2.37. The van der Waals surface area contributed by atoms with E-state index in [2.05, 4.69) is 20.0 Å². The van der Waals surface area contributed by atoms with Crippen LogP contribution in [0.15, 0.2) is 49.1 Å². The normalized spacial score (nSPS) is 19.7. The second-order valence-electron chi connectivity index (χ2n) is 7.58. The number of H-pyrrole nitrogens is 1. The van der Waals surface area contributed by atoms with Gasteiger partial charge >= 0.3 is 0 Å². The van der Waals surface area contributed by atoms with Crippen LogP contribution in [0.3, 0.4) is 0 Å². The molecule has 1 saturated heterocycles. The molecule has 1 fully saturated rings. The molecule has 0 saturated carbocycles. The van der Waals surface area contributed by atoms with Crippen molar-refractivity contribution in [2.24, 2.45) is 7.05 Å². The summed E-state index contributed by atoms with van der Waals surface area (Å²) in [6.07, 6.45) is 7.13. The van der Waals surface area contributed by atoms with E-state index < -0.39 is 0 Å². The summed E-state index contributed by atoms with van der Waals surface area (Å²) in [7, 11) is 5.90. The van der Waals surface area contributed by atoms with E-state index >= 15 is 0 Å². The number of ether oxygens (including phenoxy) is 1. The number of amides is 1. The maximum atomic E-state index is 13.5. The van der Waals surface area contributed by atoms with Crippen molar-refractivity contribution in [1.29, 1.82) is 0 Å². The van der Waals surface area contributed by atoms with Crippen molar-refractivity contribution >= 4 is 5.91 Å². The van der Waals surface area contributed by atoms with Gasteiger partial charge in [0.1, 0.15) is 5.82 Å². The van der Waals surface area contributed by atoms with Gasteiger partial charge in [-0.1, -0.05) is 12.1 Å². The van der Waals surface area contributed by atoms with E-state index in [1.54, 1.807) is 17.1 Å². The van der Waals surface area contributed by atoms with Crippen molar-refractivity contribution in [3.8, 4) is 11.4 Å². The highest BCUT2D eigenvalue weighted by molar-refractivity contribution is 5.95. The number of morpholine rings is 1. The first-order chi connectivity index (χ1) is 14.0. The highest BCUT2D eigenvalue weighted by atomic mass is 16.5. The molecule has 1 N–H and O–H groups in total. The molecule has 2 aromatic heterocycles. The lowest BCUT2D eigenvalue weighted by Gasteiger charge is -2.41. The van der Waals surface area contributed by atoms with Crippen molar-refractivity contribution < 1.29 is 9.53 Å². The average Bonchev–Trinajstić information content (AvgIpc) is 3.39. The van der Waals surface area contributed by atoms with Gasteiger partial charge in [-0.25, -0.2) is 4.98 Å². The van der Waals surface area contributed by atoms with Crippen LogP contribution in [0.25, 0.3) is 11.4 Å². The summed E-state index contributed by atoms with van der Waals surface area (Å²) in [6.45, 7) is 1.77. The highest BCUT2D eigenvalue weighted by Crippen LogP contribution is 2.31. The molecule has 0 radical (unpaired) electrons. The van der Waals surface area contributed by atoms with Gasteiger partial charge in [-0.05, 0) is 26.2 Å². The number of hydrogen-bond acceptors (Lipinski definition) is 5. The molecule has 29 heavy (non-hydrogen) atoms. The molecule has 1 amide bonds. The number of likely N-dealkylation sites (N-methyl/N-ethyl adjacent to an activating group) is 1. The summed E-state index contributed by atoms with van der Waals surface area (Å²) in [5.74, 6) is 0.732. The third-order valence-electron chi connectivity index (χ3n) is 5.11. The van der Waals surface area contributed by atoms with Crippen LogP contribution in [-0.2, 0) is 11.8 Å². The minimum absolute atomic E-state index is 0.0145. The largest absolute Gasteiger partial charge is 0.373 e. The summed E-state index contributed by atoms with van der Waals surface area (Å²) in [4.78, 5) is 24.9. The molecule has 1 aliphatic heterocycles. The van der Waals surface area contributed by atoms with Gasteiger partial charge in [0.2, 0.25) is 0 Å². The first kappa shape index (κ1) is 19.4.